The Hall–Kier alpha value is -5.37. The van der Waals surface area contributed by atoms with Crippen molar-refractivity contribution in [3.05, 3.63) is 144 Å². The van der Waals surface area contributed by atoms with Gasteiger partial charge in [0.1, 0.15) is 0 Å². The number of fused-ring (bicyclic) bond motifs is 8. The topological polar surface area (TPSA) is 32.0 Å². The average molecular weight is 582 g/mol. The second-order valence-electron chi connectivity index (χ2n) is 12.1. The maximum atomic E-state index is 9.64. The van der Waals surface area contributed by atoms with Gasteiger partial charge in [0.2, 0.25) is 0 Å². The Morgan fingerprint density at radius 2 is 1.09 bits per heavy atom. The minimum absolute atomic E-state index is 0.104. The second-order valence-corrected chi connectivity index (χ2v) is 13.1. The zero-order valence-electron chi connectivity index (χ0n) is 24.4. The predicted octanol–water partition coefficient (Wildman–Crippen LogP) is 11.1. The summed E-state index contributed by atoms with van der Waals surface area (Å²) in [7, 11) is 0. The van der Waals surface area contributed by atoms with Gasteiger partial charge in [0, 0.05) is 27.0 Å². The number of thiophene rings is 1. The molecule has 0 radical (unpaired) electrons. The summed E-state index contributed by atoms with van der Waals surface area (Å²) >= 11 is 1.87. The second kappa shape index (κ2) is 9.07. The summed E-state index contributed by atoms with van der Waals surface area (Å²) < 4.78 is 4.89. The third-order valence-electron chi connectivity index (χ3n) is 9.40. The predicted molar refractivity (Wildman–Crippen MR) is 185 cm³/mol. The smallest absolute Gasteiger partial charge is 0.0991 e. The molecule has 0 fully saturated rings. The van der Waals surface area contributed by atoms with E-state index in [0.29, 0.717) is 5.56 Å². The monoisotopic (exact) mass is 581 g/mol. The number of rotatable bonds is 2. The van der Waals surface area contributed by atoms with Crippen LogP contribution in [0.1, 0.15) is 30.5 Å². The van der Waals surface area contributed by atoms with Crippen LogP contribution in [0.3, 0.4) is 0 Å². The van der Waals surface area contributed by atoms with Gasteiger partial charge in [-0.15, -0.1) is 11.3 Å². The maximum absolute atomic E-state index is 9.64. The Labute approximate surface area is 259 Å². The van der Waals surface area contributed by atoms with Gasteiger partial charge in [0.05, 0.1) is 54.8 Å². The molecule has 6 aromatic carbocycles. The fourth-order valence-corrected chi connectivity index (χ4v) is 8.68. The molecular weight excluding hydrogens is 555 g/mol. The van der Waals surface area contributed by atoms with Gasteiger partial charge in [-0.2, -0.15) is 5.26 Å². The van der Waals surface area contributed by atoms with Crippen molar-refractivity contribution in [3.63, 3.8) is 0 Å². The van der Waals surface area contributed by atoms with Crippen molar-refractivity contribution in [3.8, 4) is 11.8 Å². The molecule has 0 saturated heterocycles. The van der Waals surface area contributed by atoms with E-state index in [1.165, 1.54) is 48.4 Å². The molecule has 0 atom stereocenters. The normalized spacial score (nSPS) is 13.8. The molecule has 1 aliphatic heterocycles. The Morgan fingerprint density at radius 3 is 1.80 bits per heavy atom. The van der Waals surface area contributed by atoms with E-state index < -0.39 is 0 Å². The van der Waals surface area contributed by atoms with Crippen LogP contribution in [0.4, 0.5) is 17.1 Å². The van der Waals surface area contributed by atoms with Gasteiger partial charge in [-0.3, -0.25) is 0 Å². The van der Waals surface area contributed by atoms with Gasteiger partial charge in [0.15, 0.2) is 0 Å². The third-order valence-corrected chi connectivity index (χ3v) is 10.7. The molecule has 0 N–H and O–H groups in total. The lowest BCUT2D eigenvalue weighted by molar-refractivity contribution is 0.632. The number of hydrogen-bond donors (Lipinski definition) is 0. The van der Waals surface area contributed by atoms with E-state index in [0.717, 1.165) is 27.5 Å². The van der Waals surface area contributed by atoms with E-state index in [1.807, 2.05) is 23.5 Å². The zero-order valence-corrected chi connectivity index (χ0v) is 25.2. The van der Waals surface area contributed by atoms with Crippen LogP contribution >= 0.6 is 11.3 Å². The molecule has 0 aliphatic carbocycles. The molecule has 1 aliphatic rings. The molecule has 0 saturated carbocycles. The fourth-order valence-electron chi connectivity index (χ4n) is 7.37. The molecule has 3 heterocycles. The Bertz CT molecular complexity index is 2460. The van der Waals surface area contributed by atoms with Crippen LogP contribution in [0.25, 0.3) is 47.7 Å². The fraction of sp³-hybridized carbons (Fsp3) is 0.0750. The van der Waals surface area contributed by atoms with E-state index in [2.05, 4.69) is 145 Å². The van der Waals surface area contributed by atoms with Crippen LogP contribution in [-0.2, 0) is 5.41 Å². The lowest BCUT2D eigenvalue weighted by atomic mass is 9.73. The molecule has 208 valence electrons. The molecule has 2 aromatic heterocycles. The average Bonchev–Trinajstić information content (AvgIpc) is 3.61. The molecule has 3 nitrogen and oxygen atoms in total. The van der Waals surface area contributed by atoms with Crippen LogP contribution in [0.2, 0.25) is 0 Å². The maximum Gasteiger partial charge on any atom is 0.0991 e. The highest BCUT2D eigenvalue weighted by atomic mass is 32.1. The van der Waals surface area contributed by atoms with Crippen LogP contribution in [0.15, 0.2) is 127 Å². The highest BCUT2D eigenvalue weighted by Crippen LogP contribution is 2.54. The van der Waals surface area contributed by atoms with E-state index in [4.69, 9.17) is 0 Å². The summed E-state index contributed by atoms with van der Waals surface area (Å²) in [6.45, 7) is 4.67. The summed E-state index contributed by atoms with van der Waals surface area (Å²) in [6.07, 6.45) is 0. The first-order valence-corrected chi connectivity index (χ1v) is 15.7. The van der Waals surface area contributed by atoms with Crippen molar-refractivity contribution < 1.29 is 0 Å². The highest BCUT2D eigenvalue weighted by Gasteiger charge is 2.37. The van der Waals surface area contributed by atoms with E-state index >= 15 is 0 Å². The van der Waals surface area contributed by atoms with Gasteiger partial charge in [0.25, 0.3) is 0 Å². The molecule has 0 bridgehead atoms. The first-order valence-electron chi connectivity index (χ1n) is 14.9. The minimum Gasteiger partial charge on any atom is -0.308 e. The van der Waals surface area contributed by atoms with Crippen LogP contribution in [0.5, 0.6) is 0 Å². The Morgan fingerprint density at radius 1 is 0.545 bits per heavy atom. The SMILES string of the molecule is CC1(C)c2ccccc2N(c2cccc3c2sc2c(-n4c5ccccc5c5cc(C#N)ccc54)cccc23)c2ccccc21. The van der Waals surface area contributed by atoms with Crippen LogP contribution in [-0.4, -0.2) is 4.57 Å². The first kappa shape index (κ1) is 25.2. The number of nitriles is 1. The minimum atomic E-state index is -0.104. The summed E-state index contributed by atoms with van der Waals surface area (Å²) in [6, 6.07) is 48.0. The summed E-state index contributed by atoms with van der Waals surface area (Å²) in [5.41, 5.74) is 10.3. The number of hydrogen-bond acceptors (Lipinski definition) is 3. The molecule has 4 heteroatoms. The van der Waals surface area contributed by atoms with Crippen molar-refractivity contribution in [2.75, 3.05) is 4.90 Å². The number of aromatic nitrogens is 1. The lowest BCUT2D eigenvalue weighted by Crippen LogP contribution is -2.30. The largest absolute Gasteiger partial charge is 0.308 e. The van der Waals surface area contributed by atoms with Crippen molar-refractivity contribution in [2.45, 2.75) is 19.3 Å². The van der Waals surface area contributed by atoms with Gasteiger partial charge in [-0.1, -0.05) is 92.7 Å². The Kier molecular flexibility index (Phi) is 5.18. The van der Waals surface area contributed by atoms with Gasteiger partial charge >= 0.3 is 0 Å². The lowest BCUT2D eigenvalue weighted by Gasteiger charge is -2.42. The standard InChI is InChI=1S/C40H27N3S/c1-40(2)30-14-4-7-17-34(30)43(35-18-8-5-15-31(35)40)37-20-10-13-28-27-12-9-19-36(38(27)44-39(28)37)42-32-16-6-3-11-26(32)29-23-25(24-41)21-22-33(29)42/h3-23H,1-2H3. The summed E-state index contributed by atoms with van der Waals surface area (Å²) in [4.78, 5) is 2.47. The molecule has 0 amide bonds. The quantitative estimate of drug-likeness (QED) is 0.203. The molecule has 8 aromatic rings. The van der Waals surface area contributed by atoms with Gasteiger partial charge in [-0.05, 0) is 59.7 Å². The Balaban J connectivity index is 1.35. The third kappa shape index (κ3) is 3.30. The van der Waals surface area contributed by atoms with Crippen molar-refractivity contribution >= 4 is 70.4 Å². The molecule has 9 rings (SSSR count). The first-order chi connectivity index (χ1) is 21.6. The van der Waals surface area contributed by atoms with E-state index in [9.17, 15) is 5.26 Å². The van der Waals surface area contributed by atoms with E-state index in [-0.39, 0.29) is 5.41 Å². The molecular formula is C40H27N3S. The van der Waals surface area contributed by atoms with E-state index in [1.54, 1.807) is 0 Å². The highest BCUT2D eigenvalue weighted by molar-refractivity contribution is 7.26. The van der Waals surface area contributed by atoms with Crippen molar-refractivity contribution in [1.82, 2.24) is 4.57 Å². The van der Waals surface area contributed by atoms with Crippen molar-refractivity contribution in [2.24, 2.45) is 0 Å². The van der Waals surface area contributed by atoms with Crippen LogP contribution < -0.4 is 4.90 Å². The number of para-hydroxylation sites is 3. The molecule has 0 unspecified atom stereocenters. The van der Waals surface area contributed by atoms with Gasteiger partial charge in [-0.25, -0.2) is 0 Å². The number of nitrogens with zero attached hydrogens (tertiary/aromatic N) is 3. The van der Waals surface area contributed by atoms with Crippen molar-refractivity contribution in [1.29, 1.82) is 5.26 Å². The summed E-state index contributed by atoms with van der Waals surface area (Å²) in [5, 5.41) is 14.4. The zero-order chi connectivity index (χ0) is 29.6. The molecule has 44 heavy (non-hydrogen) atoms. The number of benzene rings is 6. The van der Waals surface area contributed by atoms with Crippen LogP contribution in [0, 0.1) is 11.3 Å². The summed E-state index contributed by atoms with van der Waals surface area (Å²) in [5.74, 6) is 0. The van der Waals surface area contributed by atoms with Gasteiger partial charge < -0.3 is 9.47 Å². The molecule has 0 spiro atoms. The number of anilines is 3.